The zero-order valence-corrected chi connectivity index (χ0v) is 16.8. The Morgan fingerprint density at radius 1 is 1.00 bits per heavy atom. The van der Waals surface area contributed by atoms with E-state index >= 15 is 0 Å². The largest absolute Gasteiger partial charge is 0.497 e. The second-order valence-corrected chi connectivity index (χ2v) is 6.62. The molecule has 7 nitrogen and oxygen atoms in total. The number of aryl methyl sites for hydroxylation is 2. The fourth-order valence-electron chi connectivity index (χ4n) is 2.77. The summed E-state index contributed by atoms with van der Waals surface area (Å²) >= 11 is 0. The van der Waals surface area contributed by atoms with Gasteiger partial charge in [-0.1, -0.05) is 17.7 Å². The number of hydrogen-bond acceptors (Lipinski definition) is 6. The van der Waals surface area contributed by atoms with Crippen molar-refractivity contribution in [3.8, 4) is 5.75 Å². The summed E-state index contributed by atoms with van der Waals surface area (Å²) in [4.78, 5) is 21.1. The molecule has 0 fully saturated rings. The number of ether oxygens (including phenoxy) is 1. The summed E-state index contributed by atoms with van der Waals surface area (Å²) in [6, 6.07) is 17.0. The number of benzene rings is 2. The van der Waals surface area contributed by atoms with Gasteiger partial charge in [-0.2, -0.15) is 4.98 Å². The Kier molecular flexibility index (Phi) is 6.63. The maximum atomic E-state index is 12.2. The van der Waals surface area contributed by atoms with Crippen LogP contribution in [-0.4, -0.2) is 36.1 Å². The maximum Gasteiger partial charge on any atom is 0.251 e. The summed E-state index contributed by atoms with van der Waals surface area (Å²) in [7, 11) is 1.64. The third-order valence-corrected chi connectivity index (χ3v) is 4.19. The van der Waals surface area contributed by atoms with Crippen LogP contribution in [0.3, 0.4) is 0 Å². The van der Waals surface area contributed by atoms with Crippen LogP contribution >= 0.6 is 0 Å². The van der Waals surface area contributed by atoms with E-state index in [1.165, 1.54) is 0 Å². The fraction of sp³-hybridized carbons (Fsp3) is 0.227. The smallest absolute Gasteiger partial charge is 0.251 e. The molecule has 0 saturated heterocycles. The second-order valence-electron chi connectivity index (χ2n) is 6.62. The molecule has 0 radical (unpaired) electrons. The van der Waals surface area contributed by atoms with Gasteiger partial charge >= 0.3 is 0 Å². The van der Waals surface area contributed by atoms with E-state index in [0.717, 1.165) is 22.7 Å². The first-order chi connectivity index (χ1) is 14.0. The fourth-order valence-corrected chi connectivity index (χ4v) is 2.77. The van der Waals surface area contributed by atoms with Crippen molar-refractivity contribution < 1.29 is 9.53 Å². The Labute approximate surface area is 170 Å². The first-order valence-corrected chi connectivity index (χ1v) is 9.39. The Balaban J connectivity index is 1.53. The van der Waals surface area contributed by atoms with E-state index in [-0.39, 0.29) is 5.91 Å². The molecule has 2 aromatic carbocycles. The van der Waals surface area contributed by atoms with E-state index in [2.05, 4.69) is 25.9 Å². The maximum absolute atomic E-state index is 12.2. The van der Waals surface area contributed by atoms with Crippen LogP contribution in [0, 0.1) is 13.8 Å². The third kappa shape index (κ3) is 5.93. The minimum atomic E-state index is -0.0949. The van der Waals surface area contributed by atoms with Gasteiger partial charge in [-0.3, -0.25) is 4.79 Å². The summed E-state index contributed by atoms with van der Waals surface area (Å²) in [6.07, 6.45) is 0. The van der Waals surface area contributed by atoms with E-state index < -0.39 is 0 Å². The average Bonchev–Trinajstić information content (AvgIpc) is 2.71. The predicted octanol–water partition coefficient (Wildman–Crippen LogP) is 3.69. The first kappa shape index (κ1) is 20.1. The van der Waals surface area contributed by atoms with Gasteiger partial charge in [0, 0.05) is 36.1 Å². The number of aromatic nitrogens is 2. The van der Waals surface area contributed by atoms with Gasteiger partial charge in [-0.25, -0.2) is 4.98 Å². The molecule has 0 spiro atoms. The van der Waals surface area contributed by atoms with Crippen LogP contribution in [0.4, 0.5) is 17.5 Å². The molecule has 3 N–H and O–H groups in total. The lowest BCUT2D eigenvalue weighted by Crippen LogP contribution is -2.29. The number of rotatable bonds is 8. The van der Waals surface area contributed by atoms with Crippen molar-refractivity contribution in [2.24, 2.45) is 0 Å². The standard InChI is InChI=1S/C22H25N5O2/c1-15-5-4-6-17(13-15)21(28)23-11-12-24-22-25-16(2)14-20(27-22)26-18-7-9-19(29-3)10-8-18/h4-10,13-14H,11-12H2,1-3H3,(H,23,28)(H2,24,25,26,27). The number of hydrogen-bond donors (Lipinski definition) is 3. The number of nitrogens with one attached hydrogen (secondary N) is 3. The molecular formula is C22H25N5O2. The van der Waals surface area contributed by atoms with Gasteiger partial charge in [0.25, 0.3) is 5.91 Å². The summed E-state index contributed by atoms with van der Waals surface area (Å²) < 4.78 is 5.17. The van der Waals surface area contributed by atoms with Gasteiger partial charge < -0.3 is 20.7 Å². The average molecular weight is 391 g/mol. The highest BCUT2D eigenvalue weighted by atomic mass is 16.5. The van der Waals surface area contributed by atoms with E-state index in [1.54, 1.807) is 13.2 Å². The minimum Gasteiger partial charge on any atom is -0.497 e. The van der Waals surface area contributed by atoms with Gasteiger partial charge in [0.05, 0.1) is 7.11 Å². The molecule has 1 aromatic heterocycles. The topological polar surface area (TPSA) is 88.2 Å². The summed E-state index contributed by atoms with van der Waals surface area (Å²) in [5.74, 6) is 1.90. The molecule has 3 rings (SSSR count). The van der Waals surface area contributed by atoms with Crippen molar-refractivity contribution in [1.82, 2.24) is 15.3 Å². The van der Waals surface area contributed by atoms with E-state index in [0.29, 0.717) is 30.4 Å². The van der Waals surface area contributed by atoms with Crippen molar-refractivity contribution in [1.29, 1.82) is 0 Å². The Morgan fingerprint density at radius 3 is 2.52 bits per heavy atom. The molecule has 0 aliphatic rings. The van der Waals surface area contributed by atoms with Crippen LogP contribution in [0.5, 0.6) is 5.75 Å². The normalized spacial score (nSPS) is 10.3. The predicted molar refractivity (Wildman–Crippen MR) is 115 cm³/mol. The van der Waals surface area contributed by atoms with Crippen molar-refractivity contribution in [3.05, 3.63) is 71.4 Å². The zero-order valence-electron chi connectivity index (χ0n) is 16.8. The highest BCUT2D eigenvalue weighted by molar-refractivity contribution is 5.94. The molecule has 0 atom stereocenters. The molecule has 150 valence electrons. The lowest BCUT2D eigenvalue weighted by Gasteiger charge is -2.11. The molecule has 0 aliphatic heterocycles. The molecule has 3 aromatic rings. The van der Waals surface area contributed by atoms with E-state index in [4.69, 9.17) is 4.74 Å². The van der Waals surface area contributed by atoms with Crippen LogP contribution in [0.15, 0.2) is 54.6 Å². The summed E-state index contributed by atoms with van der Waals surface area (Å²) in [5, 5.41) is 9.30. The van der Waals surface area contributed by atoms with Crippen LogP contribution in [0.1, 0.15) is 21.6 Å². The molecule has 7 heteroatoms. The highest BCUT2D eigenvalue weighted by Crippen LogP contribution is 2.19. The minimum absolute atomic E-state index is 0.0949. The van der Waals surface area contributed by atoms with Crippen molar-refractivity contribution >= 4 is 23.4 Å². The van der Waals surface area contributed by atoms with Gasteiger partial charge in [0.2, 0.25) is 5.95 Å². The lowest BCUT2D eigenvalue weighted by molar-refractivity contribution is 0.0955. The quantitative estimate of drug-likeness (QED) is 0.508. The summed E-state index contributed by atoms with van der Waals surface area (Å²) in [5.41, 5.74) is 3.45. The second kappa shape index (κ2) is 9.54. The molecule has 0 unspecified atom stereocenters. The van der Waals surface area contributed by atoms with Crippen LogP contribution < -0.4 is 20.7 Å². The van der Waals surface area contributed by atoms with Crippen molar-refractivity contribution in [2.75, 3.05) is 30.8 Å². The van der Waals surface area contributed by atoms with Crippen LogP contribution in [0.2, 0.25) is 0 Å². The number of nitrogens with zero attached hydrogens (tertiary/aromatic N) is 2. The Hall–Kier alpha value is -3.61. The number of methoxy groups -OCH3 is 1. The van der Waals surface area contributed by atoms with Crippen molar-refractivity contribution in [2.45, 2.75) is 13.8 Å². The number of amides is 1. The number of carbonyl (C=O) groups is 1. The Morgan fingerprint density at radius 2 is 1.79 bits per heavy atom. The number of anilines is 3. The molecule has 0 bridgehead atoms. The third-order valence-electron chi connectivity index (χ3n) is 4.19. The van der Waals surface area contributed by atoms with Gasteiger partial charge in [0.15, 0.2) is 0 Å². The lowest BCUT2D eigenvalue weighted by atomic mass is 10.1. The monoisotopic (exact) mass is 391 g/mol. The SMILES string of the molecule is COc1ccc(Nc2cc(C)nc(NCCNC(=O)c3cccc(C)c3)n2)cc1. The van der Waals surface area contributed by atoms with E-state index in [9.17, 15) is 4.79 Å². The van der Waals surface area contributed by atoms with Crippen LogP contribution in [-0.2, 0) is 0 Å². The zero-order chi connectivity index (χ0) is 20.6. The molecule has 1 amide bonds. The van der Waals surface area contributed by atoms with Crippen LogP contribution in [0.25, 0.3) is 0 Å². The van der Waals surface area contributed by atoms with Crippen molar-refractivity contribution in [3.63, 3.8) is 0 Å². The van der Waals surface area contributed by atoms with Gasteiger partial charge in [-0.05, 0) is 50.2 Å². The number of carbonyl (C=O) groups excluding carboxylic acids is 1. The van der Waals surface area contributed by atoms with Gasteiger partial charge in [0.1, 0.15) is 11.6 Å². The molecule has 29 heavy (non-hydrogen) atoms. The molecular weight excluding hydrogens is 366 g/mol. The molecule has 1 heterocycles. The van der Waals surface area contributed by atoms with E-state index in [1.807, 2.05) is 62.4 Å². The molecule has 0 saturated carbocycles. The Bertz CT molecular complexity index is 973. The highest BCUT2D eigenvalue weighted by Gasteiger charge is 2.06. The molecule has 0 aliphatic carbocycles. The first-order valence-electron chi connectivity index (χ1n) is 9.39. The summed E-state index contributed by atoms with van der Waals surface area (Å²) in [6.45, 7) is 4.85. The van der Waals surface area contributed by atoms with Gasteiger partial charge in [-0.15, -0.1) is 0 Å².